The van der Waals surface area contributed by atoms with Crippen LogP contribution in [0.5, 0.6) is 0 Å². The largest absolute Gasteiger partial charge is 0.376 e. The fourth-order valence-electron chi connectivity index (χ4n) is 2.05. The number of carbonyl (C=O) groups is 1. The third kappa shape index (κ3) is 2.62. The van der Waals surface area contributed by atoms with E-state index in [9.17, 15) is 9.18 Å². The fourth-order valence-corrected chi connectivity index (χ4v) is 2.05. The van der Waals surface area contributed by atoms with E-state index in [1.807, 2.05) is 0 Å². The second-order valence-corrected chi connectivity index (χ2v) is 4.42. The van der Waals surface area contributed by atoms with Crippen LogP contribution in [0.1, 0.15) is 11.3 Å². The predicted octanol–water partition coefficient (Wildman–Crippen LogP) is 2.27. The van der Waals surface area contributed by atoms with Crippen LogP contribution in [-0.2, 0) is 17.8 Å². The number of aromatic amines is 1. The van der Waals surface area contributed by atoms with E-state index < -0.39 is 11.8 Å². The number of amides is 2. The summed E-state index contributed by atoms with van der Waals surface area (Å²) in [5.41, 5.74) is 2.20. The second kappa shape index (κ2) is 5.30. The minimum absolute atomic E-state index is 0.378. The van der Waals surface area contributed by atoms with Crippen molar-refractivity contribution in [2.24, 2.45) is 0 Å². The number of nitrogens with one attached hydrogen (secondary N) is 3. The summed E-state index contributed by atoms with van der Waals surface area (Å²) >= 11 is 0. The van der Waals surface area contributed by atoms with Crippen LogP contribution in [0.2, 0.25) is 0 Å². The zero-order valence-electron chi connectivity index (χ0n) is 10.6. The molecule has 0 spiro atoms. The van der Waals surface area contributed by atoms with Crippen molar-refractivity contribution in [3.05, 3.63) is 41.3 Å². The van der Waals surface area contributed by atoms with Crippen LogP contribution in [0.4, 0.5) is 20.7 Å². The summed E-state index contributed by atoms with van der Waals surface area (Å²) in [6.45, 7) is 1.06. The Bertz CT molecular complexity index is 641. The summed E-state index contributed by atoms with van der Waals surface area (Å²) in [6.07, 6.45) is 0.746. The van der Waals surface area contributed by atoms with Crippen molar-refractivity contribution < 1.29 is 13.9 Å². The van der Waals surface area contributed by atoms with E-state index in [1.165, 1.54) is 18.2 Å². The minimum atomic E-state index is -0.476. The average molecular weight is 276 g/mol. The number of carbonyl (C=O) groups excluding carboxylic acids is 1. The lowest BCUT2D eigenvalue weighted by Gasteiger charge is -2.12. The van der Waals surface area contributed by atoms with Gasteiger partial charge in [-0.1, -0.05) is 6.07 Å². The number of fused-ring (bicyclic) bond motifs is 1. The number of ether oxygens (including phenoxy) is 1. The molecule has 0 bridgehead atoms. The molecule has 0 atom stereocenters. The number of halogens is 1. The highest BCUT2D eigenvalue weighted by Crippen LogP contribution is 2.22. The fraction of sp³-hybridized carbons (Fsp3) is 0.231. The zero-order valence-corrected chi connectivity index (χ0v) is 10.6. The Hall–Kier alpha value is -2.41. The van der Waals surface area contributed by atoms with Crippen molar-refractivity contribution in [3.63, 3.8) is 0 Å². The molecule has 1 aromatic carbocycles. The van der Waals surface area contributed by atoms with Crippen LogP contribution < -0.4 is 10.6 Å². The van der Waals surface area contributed by atoms with Crippen molar-refractivity contribution in [3.8, 4) is 0 Å². The Morgan fingerprint density at radius 3 is 3.15 bits per heavy atom. The first-order valence-corrected chi connectivity index (χ1v) is 6.20. The lowest BCUT2D eigenvalue weighted by molar-refractivity contribution is 0.110. The van der Waals surface area contributed by atoms with Gasteiger partial charge in [-0.25, -0.2) is 9.18 Å². The summed E-state index contributed by atoms with van der Waals surface area (Å²) < 4.78 is 18.3. The summed E-state index contributed by atoms with van der Waals surface area (Å²) in [6, 6.07) is 5.20. The minimum Gasteiger partial charge on any atom is -0.376 e. The van der Waals surface area contributed by atoms with E-state index in [2.05, 4.69) is 20.8 Å². The van der Waals surface area contributed by atoms with Gasteiger partial charge in [0.1, 0.15) is 5.82 Å². The number of H-pyrrole nitrogens is 1. The molecule has 1 aliphatic heterocycles. The third-order valence-corrected chi connectivity index (χ3v) is 3.01. The van der Waals surface area contributed by atoms with Crippen molar-refractivity contribution >= 4 is 17.5 Å². The molecule has 0 aliphatic carbocycles. The smallest absolute Gasteiger partial charge is 0.324 e. The van der Waals surface area contributed by atoms with E-state index in [4.69, 9.17) is 4.74 Å². The van der Waals surface area contributed by atoms with E-state index in [0.29, 0.717) is 24.7 Å². The van der Waals surface area contributed by atoms with Crippen molar-refractivity contribution in [2.75, 3.05) is 17.2 Å². The van der Waals surface area contributed by atoms with Gasteiger partial charge < -0.3 is 10.1 Å². The normalized spacial score (nSPS) is 13.7. The quantitative estimate of drug-likeness (QED) is 0.787. The maximum Gasteiger partial charge on any atom is 0.324 e. The van der Waals surface area contributed by atoms with Gasteiger partial charge in [0.25, 0.3) is 0 Å². The van der Waals surface area contributed by atoms with Gasteiger partial charge in [0, 0.05) is 23.4 Å². The van der Waals surface area contributed by atoms with Crippen molar-refractivity contribution in [1.82, 2.24) is 10.2 Å². The number of rotatable bonds is 2. The molecule has 0 saturated carbocycles. The average Bonchev–Trinajstić information content (AvgIpc) is 2.82. The number of hydrogen-bond donors (Lipinski definition) is 3. The number of hydrogen-bond acceptors (Lipinski definition) is 3. The SMILES string of the molecule is O=C(Nc1cccc(F)c1)Nc1n[nH]c2c1COCC2. The topological polar surface area (TPSA) is 79.0 Å². The molecule has 6 nitrogen and oxygen atoms in total. The van der Waals surface area contributed by atoms with Gasteiger partial charge in [-0.05, 0) is 18.2 Å². The lowest BCUT2D eigenvalue weighted by atomic mass is 10.1. The molecule has 3 N–H and O–H groups in total. The summed E-state index contributed by atoms with van der Waals surface area (Å²) in [5, 5.41) is 12.1. The summed E-state index contributed by atoms with van der Waals surface area (Å²) in [4.78, 5) is 11.8. The number of urea groups is 1. The molecule has 1 aliphatic rings. The first-order chi connectivity index (χ1) is 9.72. The van der Waals surface area contributed by atoms with E-state index in [0.717, 1.165) is 17.7 Å². The summed E-state index contributed by atoms with van der Waals surface area (Å²) in [7, 11) is 0. The molecule has 2 aromatic rings. The van der Waals surface area contributed by atoms with Gasteiger partial charge in [-0.3, -0.25) is 10.4 Å². The number of aromatic nitrogens is 2. The molecule has 0 fully saturated rings. The van der Waals surface area contributed by atoms with E-state index in [1.54, 1.807) is 6.07 Å². The Morgan fingerprint density at radius 1 is 1.40 bits per heavy atom. The third-order valence-electron chi connectivity index (χ3n) is 3.01. The molecule has 104 valence electrons. The number of nitrogens with zero attached hydrogens (tertiary/aromatic N) is 1. The van der Waals surface area contributed by atoms with E-state index in [-0.39, 0.29) is 0 Å². The van der Waals surface area contributed by atoms with Crippen molar-refractivity contribution in [1.29, 1.82) is 0 Å². The Kier molecular flexibility index (Phi) is 3.34. The molecular weight excluding hydrogens is 263 g/mol. The van der Waals surface area contributed by atoms with Crippen LogP contribution in [0.3, 0.4) is 0 Å². The Labute approximate surface area is 114 Å². The zero-order chi connectivity index (χ0) is 13.9. The van der Waals surface area contributed by atoms with Crippen LogP contribution >= 0.6 is 0 Å². The molecule has 0 saturated heterocycles. The lowest BCUT2D eigenvalue weighted by Crippen LogP contribution is -2.21. The van der Waals surface area contributed by atoms with Crippen molar-refractivity contribution in [2.45, 2.75) is 13.0 Å². The predicted molar refractivity (Wildman–Crippen MR) is 71.0 cm³/mol. The molecule has 7 heteroatoms. The molecule has 3 rings (SSSR count). The molecule has 2 heterocycles. The van der Waals surface area contributed by atoms with E-state index >= 15 is 0 Å². The van der Waals surface area contributed by atoms with Crippen LogP contribution in [0.25, 0.3) is 0 Å². The Balaban J connectivity index is 1.69. The molecular formula is C13H13FN4O2. The number of anilines is 2. The molecule has 1 aromatic heterocycles. The van der Waals surface area contributed by atoms with Gasteiger partial charge in [0.15, 0.2) is 5.82 Å². The first-order valence-electron chi connectivity index (χ1n) is 6.20. The molecule has 0 radical (unpaired) electrons. The van der Waals surface area contributed by atoms with Crippen LogP contribution in [-0.4, -0.2) is 22.8 Å². The molecule has 20 heavy (non-hydrogen) atoms. The van der Waals surface area contributed by atoms with Gasteiger partial charge in [-0.2, -0.15) is 5.10 Å². The monoisotopic (exact) mass is 276 g/mol. The first kappa shape index (κ1) is 12.6. The van der Waals surface area contributed by atoms with Gasteiger partial charge in [0.05, 0.1) is 13.2 Å². The van der Waals surface area contributed by atoms with Gasteiger partial charge in [0.2, 0.25) is 0 Å². The highest BCUT2D eigenvalue weighted by atomic mass is 19.1. The van der Waals surface area contributed by atoms with Crippen LogP contribution in [0.15, 0.2) is 24.3 Å². The molecule has 0 unspecified atom stereocenters. The maximum atomic E-state index is 13.0. The second-order valence-electron chi connectivity index (χ2n) is 4.42. The maximum absolute atomic E-state index is 13.0. The van der Waals surface area contributed by atoms with Gasteiger partial charge in [-0.15, -0.1) is 0 Å². The number of benzene rings is 1. The summed E-state index contributed by atoms with van der Waals surface area (Å²) in [5.74, 6) is 0.0296. The highest BCUT2D eigenvalue weighted by molar-refractivity contribution is 5.99. The van der Waals surface area contributed by atoms with Gasteiger partial charge >= 0.3 is 6.03 Å². The standard InChI is InChI=1S/C13H13FN4O2/c14-8-2-1-3-9(6-8)15-13(19)16-12-10-7-20-5-4-11(10)17-18-12/h1-3,6H,4-5,7H2,(H3,15,16,17,18,19). The highest BCUT2D eigenvalue weighted by Gasteiger charge is 2.18. The van der Waals surface area contributed by atoms with Crippen LogP contribution in [0, 0.1) is 5.82 Å². The molecule has 2 amide bonds. The Morgan fingerprint density at radius 2 is 2.30 bits per heavy atom.